The first-order chi connectivity index (χ1) is 14.3. The number of aromatic nitrogens is 2. The minimum absolute atomic E-state index is 0.0180. The highest BCUT2D eigenvalue weighted by atomic mass is 16.2. The van der Waals surface area contributed by atoms with Crippen molar-refractivity contribution in [3.05, 3.63) is 47.7 Å². The molecule has 1 saturated carbocycles. The number of nitrogens with zero attached hydrogens (tertiary/aromatic N) is 2. The molecule has 1 aliphatic carbocycles. The molecule has 2 aliphatic rings. The Kier molecular flexibility index (Phi) is 5.51. The van der Waals surface area contributed by atoms with Gasteiger partial charge in [0, 0.05) is 24.1 Å². The Morgan fingerprint density at radius 2 is 2.00 bits per heavy atom. The van der Waals surface area contributed by atoms with Gasteiger partial charge >= 0.3 is 6.03 Å². The molecule has 30 heavy (non-hydrogen) atoms. The summed E-state index contributed by atoms with van der Waals surface area (Å²) in [6.07, 6.45) is 2.44. The monoisotopic (exact) mass is 410 g/mol. The number of benzene rings is 1. The number of anilines is 1. The van der Waals surface area contributed by atoms with Crippen molar-refractivity contribution < 1.29 is 9.59 Å². The summed E-state index contributed by atoms with van der Waals surface area (Å²) >= 11 is 0. The lowest BCUT2D eigenvalue weighted by molar-refractivity contribution is -0.130. The molecule has 1 aliphatic heterocycles. The molecule has 1 aromatic heterocycles. The van der Waals surface area contributed by atoms with Crippen molar-refractivity contribution in [2.45, 2.75) is 64.3 Å². The van der Waals surface area contributed by atoms with E-state index in [1.807, 2.05) is 36.4 Å². The minimum Gasteiger partial charge on any atom is -0.334 e. The normalized spacial score (nSPS) is 23.6. The third-order valence-corrected chi connectivity index (χ3v) is 5.79. The highest BCUT2D eigenvalue weighted by Gasteiger charge is 2.40. The molecule has 0 radical (unpaired) electrons. The van der Waals surface area contributed by atoms with Crippen LogP contribution in [0.25, 0.3) is 0 Å². The van der Waals surface area contributed by atoms with Gasteiger partial charge in [-0.15, -0.1) is 0 Å². The molecule has 2 aromatic rings. The van der Waals surface area contributed by atoms with Crippen LogP contribution in [0, 0.1) is 5.92 Å². The lowest BCUT2D eigenvalue weighted by Gasteiger charge is -2.34. The van der Waals surface area contributed by atoms with E-state index in [1.54, 1.807) is 4.68 Å². The first-order valence-electron chi connectivity index (χ1n) is 10.6. The molecular weight excluding hydrogens is 380 g/mol. The van der Waals surface area contributed by atoms with E-state index >= 15 is 0 Å². The highest BCUT2D eigenvalue weighted by molar-refractivity contribution is 5.88. The van der Waals surface area contributed by atoms with Crippen LogP contribution in [0.15, 0.2) is 36.4 Å². The van der Waals surface area contributed by atoms with Gasteiger partial charge in [-0.1, -0.05) is 57.5 Å². The molecule has 8 heteroatoms. The molecule has 160 valence electrons. The van der Waals surface area contributed by atoms with Crippen LogP contribution in [0.3, 0.4) is 0 Å². The second kappa shape index (κ2) is 8.10. The van der Waals surface area contributed by atoms with E-state index in [0.29, 0.717) is 12.4 Å². The summed E-state index contributed by atoms with van der Waals surface area (Å²) in [6, 6.07) is 11.4. The fraction of sp³-hybridized carbons (Fsp3) is 0.500. The van der Waals surface area contributed by atoms with Gasteiger partial charge < -0.3 is 10.6 Å². The SMILES string of the molecule is CC(C)(C)c1cc(NC(=O)NCc2ccccc2)n(C2NC(=O)C3CCCC3N2)n1. The standard InChI is InChI=1S/C22H30N6O2/c1-22(2,3)17-12-18(25-21(30)23-13-14-8-5-4-6-9-14)28(27-17)20-24-16-11-7-10-15(16)19(29)26-20/h4-6,8-9,12,15-16,20,24H,7,10-11,13H2,1-3H3,(H,26,29)(H2,23,25,30). The summed E-state index contributed by atoms with van der Waals surface area (Å²) < 4.78 is 1.68. The third-order valence-electron chi connectivity index (χ3n) is 5.79. The summed E-state index contributed by atoms with van der Waals surface area (Å²) in [7, 11) is 0. The summed E-state index contributed by atoms with van der Waals surface area (Å²) in [5, 5.41) is 17.0. The first-order valence-corrected chi connectivity index (χ1v) is 10.6. The van der Waals surface area contributed by atoms with Crippen molar-refractivity contribution in [3.63, 3.8) is 0 Å². The zero-order valence-corrected chi connectivity index (χ0v) is 17.7. The molecule has 3 atom stereocenters. The maximum Gasteiger partial charge on any atom is 0.320 e. The number of urea groups is 1. The molecular formula is C22H30N6O2. The van der Waals surface area contributed by atoms with Gasteiger partial charge in [-0.2, -0.15) is 5.10 Å². The van der Waals surface area contributed by atoms with Crippen LogP contribution < -0.4 is 21.3 Å². The van der Waals surface area contributed by atoms with Crippen molar-refractivity contribution in [3.8, 4) is 0 Å². The van der Waals surface area contributed by atoms with E-state index in [0.717, 1.165) is 30.5 Å². The molecule has 2 fully saturated rings. The Hall–Kier alpha value is -2.87. The van der Waals surface area contributed by atoms with E-state index in [-0.39, 0.29) is 29.3 Å². The quantitative estimate of drug-likeness (QED) is 0.623. The van der Waals surface area contributed by atoms with E-state index in [2.05, 4.69) is 42.0 Å². The number of carbonyl (C=O) groups is 2. The number of hydrogen-bond donors (Lipinski definition) is 4. The van der Waals surface area contributed by atoms with Crippen molar-refractivity contribution in [1.29, 1.82) is 0 Å². The van der Waals surface area contributed by atoms with E-state index < -0.39 is 6.29 Å². The Morgan fingerprint density at radius 3 is 2.73 bits per heavy atom. The van der Waals surface area contributed by atoms with Gasteiger partial charge in [-0.05, 0) is 18.4 Å². The Balaban J connectivity index is 1.52. The van der Waals surface area contributed by atoms with E-state index in [1.165, 1.54) is 0 Å². The molecule has 1 aromatic carbocycles. The predicted molar refractivity (Wildman–Crippen MR) is 115 cm³/mol. The fourth-order valence-electron chi connectivity index (χ4n) is 4.08. The van der Waals surface area contributed by atoms with Gasteiger partial charge in [0.25, 0.3) is 0 Å². The number of nitrogens with one attached hydrogen (secondary N) is 4. The highest BCUT2D eigenvalue weighted by Crippen LogP contribution is 2.32. The third kappa shape index (κ3) is 4.33. The second-order valence-electron chi connectivity index (χ2n) is 9.12. The first kappa shape index (κ1) is 20.4. The summed E-state index contributed by atoms with van der Waals surface area (Å²) in [5.74, 6) is 0.609. The second-order valence-corrected chi connectivity index (χ2v) is 9.12. The van der Waals surface area contributed by atoms with Crippen LogP contribution in [0.1, 0.15) is 57.6 Å². The van der Waals surface area contributed by atoms with Gasteiger partial charge in [-0.3, -0.25) is 15.4 Å². The molecule has 2 heterocycles. The molecule has 3 unspecified atom stereocenters. The Bertz CT molecular complexity index is 917. The number of carbonyl (C=O) groups excluding carboxylic acids is 2. The molecule has 4 rings (SSSR count). The molecule has 8 nitrogen and oxygen atoms in total. The van der Waals surface area contributed by atoms with Gasteiger partial charge in [0.2, 0.25) is 5.91 Å². The van der Waals surface area contributed by atoms with Gasteiger partial charge in [0.1, 0.15) is 5.82 Å². The lowest BCUT2D eigenvalue weighted by Crippen LogP contribution is -2.57. The Morgan fingerprint density at radius 1 is 1.23 bits per heavy atom. The average molecular weight is 411 g/mol. The largest absolute Gasteiger partial charge is 0.334 e. The van der Waals surface area contributed by atoms with Crippen LogP contribution in [-0.4, -0.2) is 27.8 Å². The van der Waals surface area contributed by atoms with E-state index in [4.69, 9.17) is 5.10 Å². The van der Waals surface area contributed by atoms with Crippen molar-refractivity contribution in [1.82, 2.24) is 25.7 Å². The van der Waals surface area contributed by atoms with Crippen molar-refractivity contribution in [2.24, 2.45) is 5.92 Å². The van der Waals surface area contributed by atoms with Crippen LogP contribution in [0.2, 0.25) is 0 Å². The van der Waals surface area contributed by atoms with Crippen molar-refractivity contribution >= 4 is 17.8 Å². The van der Waals surface area contributed by atoms with Crippen LogP contribution in [0.5, 0.6) is 0 Å². The Labute approximate surface area is 176 Å². The maximum absolute atomic E-state index is 12.6. The zero-order valence-electron chi connectivity index (χ0n) is 17.7. The van der Waals surface area contributed by atoms with Gasteiger partial charge in [0.15, 0.2) is 6.29 Å². The zero-order chi connectivity index (χ0) is 21.3. The van der Waals surface area contributed by atoms with Crippen molar-refractivity contribution in [2.75, 3.05) is 5.32 Å². The number of hydrogen-bond acceptors (Lipinski definition) is 4. The number of rotatable bonds is 4. The number of fused-ring (bicyclic) bond motifs is 1. The van der Waals surface area contributed by atoms with Gasteiger partial charge in [-0.25, -0.2) is 9.48 Å². The van der Waals surface area contributed by atoms with E-state index in [9.17, 15) is 9.59 Å². The topological polar surface area (TPSA) is 100 Å². The molecule has 3 amide bonds. The van der Waals surface area contributed by atoms with Crippen LogP contribution in [-0.2, 0) is 16.8 Å². The number of amides is 3. The molecule has 4 N–H and O–H groups in total. The molecule has 1 saturated heterocycles. The van der Waals surface area contributed by atoms with Gasteiger partial charge in [0.05, 0.1) is 11.6 Å². The maximum atomic E-state index is 12.6. The van der Waals surface area contributed by atoms with Crippen LogP contribution in [0.4, 0.5) is 10.6 Å². The fourth-order valence-corrected chi connectivity index (χ4v) is 4.08. The van der Waals surface area contributed by atoms with Crippen LogP contribution >= 0.6 is 0 Å². The predicted octanol–water partition coefficient (Wildman–Crippen LogP) is 2.85. The summed E-state index contributed by atoms with van der Waals surface area (Å²) in [6.45, 7) is 6.63. The summed E-state index contributed by atoms with van der Waals surface area (Å²) in [5.41, 5.74) is 1.66. The average Bonchev–Trinajstić information content (AvgIpc) is 3.34. The molecule has 0 bridgehead atoms. The minimum atomic E-state index is -0.489. The summed E-state index contributed by atoms with van der Waals surface area (Å²) in [4.78, 5) is 25.1. The lowest BCUT2D eigenvalue weighted by atomic mass is 9.92. The molecule has 0 spiro atoms. The smallest absolute Gasteiger partial charge is 0.320 e.